The molecule has 1 saturated carbocycles. The van der Waals surface area contributed by atoms with Crippen molar-refractivity contribution in [1.29, 1.82) is 0 Å². The summed E-state index contributed by atoms with van der Waals surface area (Å²) in [5.74, 6) is 0. The third-order valence-corrected chi connectivity index (χ3v) is 3.22. The third-order valence-electron chi connectivity index (χ3n) is 3.22. The molecule has 0 heterocycles. The Labute approximate surface area is 103 Å². The summed E-state index contributed by atoms with van der Waals surface area (Å²) >= 11 is 0. The first-order valence-corrected chi connectivity index (χ1v) is 6.26. The number of aliphatic hydroxyl groups excluding tert-OH is 1. The molecule has 0 aliphatic heterocycles. The molecule has 2 rings (SSSR count). The van der Waals surface area contributed by atoms with Crippen molar-refractivity contribution >= 4 is 5.69 Å². The Balaban J connectivity index is 2.22. The second-order valence-electron chi connectivity index (χ2n) is 4.65. The molecule has 0 bridgehead atoms. The molecule has 1 aromatic rings. The minimum absolute atomic E-state index is 0.421. The molecule has 1 atom stereocenters. The molecule has 0 amide bonds. The average molecular weight is 235 g/mol. The fourth-order valence-electron chi connectivity index (χ4n) is 2.18. The summed E-state index contributed by atoms with van der Waals surface area (Å²) < 4.78 is 5.17. The monoisotopic (exact) mass is 235 g/mol. The number of hydrogen-bond acceptors (Lipinski definition) is 3. The maximum absolute atomic E-state index is 9.82. The van der Waals surface area contributed by atoms with Gasteiger partial charge in [-0.25, -0.2) is 0 Å². The van der Waals surface area contributed by atoms with E-state index >= 15 is 0 Å². The van der Waals surface area contributed by atoms with Crippen molar-refractivity contribution < 1.29 is 9.84 Å². The Bertz CT molecular complexity index is 361. The van der Waals surface area contributed by atoms with Crippen LogP contribution in [-0.2, 0) is 4.74 Å². The highest BCUT2D eigenvalue weighted by Crippen LogP contribution is 2.35. The number of rotatable bonds is 6. The van der Waals surface area contributed by atoms with Crippen molar-refractivity contribution in [2.24, 2.45) is 0 Å². The van der Waals surface area contributed by atoms with Crippen LogP contribution in [0.1, 0.15) is 31.4 Å². The molecule has 0 radical (unpaired) electrons. The van der Waals surface area contributed by atoms with E-state index in [1.807, 2.05) is 25.1 Å². The maximum Gasteiger partial charge on any atom is 0.0781 e. The lowest BCUT2D eigenvalue weighted by Gasteiger charge is -2.27. The summed E-state index contributed by atoms with van der Waals surface area (Å²) in [7, 11) is 1.73. The Kier molecular flexibility index (Phi) is 4.02. The van der Waals surface area contributed by atoms with Gasteiger partial charge < -0.3 is 14.7 Å². The smallest absolute Gasteiger partial charge is 0.0781 e. The van der Waals surface area contributed by atoms with Crippen LogP contribution >= 0.6 is 0 Å². The average Bonchev–Trinajstić information content (AvgIpc) is 3.14. The Morgan fingerprint density at radius 1 is 1.41 bits per heavy atom. The number of nitrogens with zero attached hydrogens (tertiary/aromatic N) is 1. The number of anilines is 1. The summed E-state index contributed by atoms with van der Waals surface area (Å²) in [4.78, 5) is 2.37. The molecule has 3 nitrogen and oxygen atoms in total. The van der Waals surface area contributed by atoms with Crippen LogP contribution in [0, 0.1) is 0 Å². The molecule has 0 saturated heterocycles. The highest BCUT2D eigenvalue weighted by Gasteiger charge is 2.30. The zero-order valence-electron chi connectivity index (χ0n) is 10.6. The van der Waals surface area contributed by atoms with Crippen LogP contribution in [0.2, 0.25) is 0 Å². The lowest BCUT2D eigenvalue weighted by atomic mass is 10.1. The van der Waals surface area contributed by atoms with Gasteiger partial charge in [0.2, 0.25) is 0 Å². The SMILES string of the molecule is COCCN(c1ccccc1[C@H](C)O)C1CC1. The van der Waals surface area contributed by atoms with E-state index in [-0.39, 0.29) is 0 Å². The normalized spacial score (nSPS) is 16.9. The molecular formula is C14H21NO2. The van der Waals surface area contributed by atoms with Gasteiger partial charge in [0.25, 0.3) is 0 Å². The van der Waals surface area contributed by atoms with Crippen LogP contribution in [0.15, 0.2) is 24.3 Å². The van der Waals surface area contributed by atoms with Gasteiger partial charge in [-0.15, -0.1) is 0 Å². The molecule has 17 heavy (non-hydrogen) atoms. The van der Waals surface area contributed by atoms with Crippen LogP contribution in [0.25, 0.3) is 0 Å². The molecule has 3 heteroatoms. The van der Waals surface area contributed by atoms with Crippen molar-refractivity contribution in [2.75, 3.05) is 25.2 Å². The molecule has 1 fully saturated rings. The fraction of sp³-hybridized carbons (Fsp3) is 0.571. The summed E-state index contributed by atoms with van der Waals surface area (Å²) in [6.45, 7) is 3.44. The Hall–Kier alpha value is -1.06. The molecule has 94 valence electrons. The van der Waals surface area contributed by atoms with Crippen molar-refractivity contribution in [3.63, 3.8) is 0 Å². The lowest BCUT2D eigenvalue weighted by Crippen LogP contribution is -2.30. The first-order valence-electron chi connectivity index (χ1n) is 6.26. The van der Waals surface area contributed by atoms with E-state index in [2.05, 4.69) is 11.0 Å². The van der Waals surface area contributed by atoms with Crippen LogP contribution in [0.5, 0.6) is 0 Å². The number of ether oxygens (including phenoxy) is 1. The number of hydrogen-bond donors (Lipinski definition) is 1. The topological polar surface area (TPSA) is 32.7 Å². The van der Waals surface area contributed by atoms with E-state index in [0.717, 1.165) is 24.4 Å². The first kappa shape index (κ1) is 12.4. The van der Waals surface area contributed by atoms with Gasteiger partial charge >= 0.3 is 0 Å². The lowest BCUT2D eigenvalue weighted by molar-refractivity contribution is 0.197. The van der Waals surface area contributed by atoms with E-state index in [1.165, 1.54) is 12.8 Å². The first-order chi connectivity index (χ1) is 8.24. The standard InChI is InChI=1S/C14H21NO2/c1-11(16)13-5-3-4-6-14(13)15(9-10-17-2)12-7-8-12/h3-6,11-12,16H,7-10H2,1-2H3/t11-/m0/s1. The second-order valence-corrected chi connectivity index (χ2v) is 4.65. The van der Waals surface area contributed by atoms with E-state index in [9.17, 15) is 5.11 Å². The van der Waals surface area contributed by atoms with E-state index in [1.54, 1.807) is 7.11 Å². The quantitative estimate of drug-likeness (QED) is 0.821. The largest absolute Gasteiger partial charge is 0.389 e. The molecule has 1 aromatic carbocycles. The minimum atomic E-state index is -0.421. The van der Waals surface area contributed by atoms with Crippen LogP contribution in [0.4, 0.5) is 5.69 Å². The summed E-state index contributed by atoms with van der Waals surface area (Å²) in [5, 5.41) is 9.82. The van der Waals surface area contributed by atoms with Crippen LogP contribution in [-0.4, -0.2) is 31.4 Å². The van der Waals surface area contributed by atoms with Crippen molar-refractivity contribution in [3.05, 3.63) is 29.8 Å². The van der Waals surface area contributed by atoms with E-state index in [0.29, 0.717) is 6.04 Å². The molecule has 0 aromatic heterocycles. The molecule has 0 unspecified atom stereocenters. The number of para-hydroxylation sites is 1. The fourth-order valence-corrected chi connectivity index (χ4v) is 2.18. The van der Waals surface area contributed by atoms with Crippen molar-refractivity contribution in [1.82, 2.24) is 0 Å². The number of methoxy groups -OCH3 is 1. The van der Waals surface area contributed by atoms with Gasteiger partial charge in [0, 0.05) is 30.9 Å². The van der Waals surface area contributed by atoms with Gasteiger partial charge in [-0.3, -0.25) is 0 Å². The Morgan fingerprint density at radius 2 is 2.12 bits per heavy atom. The highest BCUT2D eigenvalue weighted by molar-refractivity contribution is 5.56. The molecule has 0 spiro atoms. The molecular weight excluding hydrogens is 214 g/mol. The van der Waals surface area contributed by atoms with Gasteiger partial charge in [-0.05, 0) is 25.8 Å². The predicted molar refractivity (Wildman–Crippen MR) is 69.3 cm³/mol. The van der Waals surface area contributed by atoms with E-state index in [4.69, 9.17) is 4.74 Å². The van der Waals surface area contributed by atoms with Gasteiger partial charge in [0.05, 0.1) is 12.7 Å². The van der Waals surface area contributed by atoms with Crippen LogP contribution in [0.3, 0.4) is 0 Å². The van der Waals surface area contributed by atoms with Gasteiger partial charge in [0.15, 0.2) is 0 Å². The highest BCUT2D eigenvalue weighted by atomic mass is 16.5. The van der Waals surface area contributed by atoms with E-state index < -0.39 is 6.10 Å². The minimum Gasteiger partial charge on any atom is -0.389 e. The number of aliphatic hydroxyl groups is 1. The molecule has 1 aliphatic carbocycles. The predicted octanol–water partition coefficient (Wildman–Crippen LogP) is 2.36. The van der Waals surface area contributed by atoms with Gasteiger partial charge in [0.1, 0.15) is 0 Å². The molecule has 1 aliphatic rings. The maximum atomic E-state index is 9.82. The zero-order chi connectivity index (χ0) is 12.3. The summed E-state index contributed by atoms with van der Waals surface area (Å²) in [6.07, 6.45) is 2.07. The third kappa shape index (κ3) is 2.99. The van der Waals surface area contributed by atoms with Crippen molar-refractivity contribution in [2.45, 2.75) is 31.9 Å². The van der Waals surface area contributed by atoms with Gasteiger partial charge in [-0.2, -0.15) is 0 Å². The summed E-state index contributed by atoms with van der Waals surface area (Å²) in [6, 6.07) is 8.74. The molecule has 1 N–H and O–H groups in total. The van der Waals surface area contributed by atoms with Gasteiger partial charge in [-0.1, -0.05) is 18.2 Å². The van der Waals surface area contributed by atoms with Crippen LogP contribution < -0.4 is 4.90 Å². The van der Waals surface area contributed by atoms with Crippen molar-refractivity contribution in [3.8, 4) is 0 Å². The Morgan fingerprint density at radius 3 is 2.71 bits per heavy atom. The number of benzene rings is 1. The second kappa shape index (κ2) is 5.52. The summed E-state index contributed by atoms with van der Waals surface area (Å²) in [5.41, 5.74) is 2.16. The zero-order valence-corrected chi connectivity index (χ0v) is 10.6.